The molecule has 0 saturated carbocycles. The van der Waals surface area contributed by atoms with Crippen LogP contribution in [0.2, 0.25) is 0 Å². The molecule has 0 amide bonds. The van der Waals surface area contributed by atoms with Gasteiger partial charge >= 0.3 is 0 Å². The van der Waals surface area contributed by atoms with Crippen LogP contribution in [0.5, 0.6) is 0 Å². The van der Waals surface area contributed by atoms with Gasteiger partial charge in [0.25, 0.3) is 0 Å². The highest BCUT2D eigenvalue weighted by Crippen LogP contribution is 2.17. The summed E-state index contributed by atoms with van der Waals surface area (Å²) in [5.41, 5.74) is 7.23. The number of rotatable bonds is 2. The van der Waals surface area contributed by atoms with Gasteiger partial charge in [0.2, 0.25) is 0 Å². The van der Waals surface area contributed by atoms with E-state index in [1.807, 2.05) is 21.0 Å². The van der Waals surface area contributed by atoms with Crippen molar-refractivity contribution in [1.82, 2.24) is 9.78 Å². The monoisotopic (exact) mass is 184 g/mol. The zero-order valence-electron chi connectivity index (χ0n) is 7.38. The van der Waals surface area contributed by atoms with Gasteiger partial charge in [-0.3, -0.25) is 4.68 Å². The van der Waals surface area contributed by atoms with E-state index in [4.69, 9.17) is 18.0 Å². The molecule has 0 saturated heterocycles. The average Bonchev–Trinajstić information content (AvgIpc) is 2.24. The third-order valence-electron chi connectivity index (χ3n) is 1.71. The van der Waals surface area contributed by atoms with Crippen molar-refractivity contribution >= 4 is 23.0 Å². The van der Waals surface area contributed by atoms with E-state index in [0.29, 0.717) is 4.99 Å². The van der Waals surface area contributed by atoms with E-state index < -0.39 is 0 Å². The lowest BCUT2D eigenvalue weighted by molar-refractivity contribution is 0.763. The van der Waals surface area contributed by atoms with Gasteiger partial charge in [0, 0.05) is 14.1 Å². The lowest BCUT2D eigenvalue weighted by Crippen LogP contribution is -2.12. The van der Waals surface area contributed by atoms with Crippen molar-refractivity contribution < 1.29 is 0 Å². The Hall–Kier alpha value is -1.10. The number of nitrogens with zero attached hydrogens (tertiary/aromatic N) is 2. The summed E-state index contributed by atoms with van der Waals surface area (Å²) in [7, 11) is 3.67. The molecular formula is C7H12N4S. The molecule has 12 heavy (non-hydrogen) atoms. The van der Waals surface area contributed by atoms with Gasteiger partial charge in [0.15, 0.2) is 0 Å². The normalized spacial score (nSPS) is 9.92. The number of nitrogens with one attached hydrogen (secondary N) is 1. The Kier molecular flexibility index (Phi) is 2.32. The molecular weight excluding hydrogens is 172 g/mol. The molecule has 0 bridgehead atoms. The molecule has 0 aliphatic heterocycles. The van der Waals surface area contributed by atoms with Crippen LogP contribution in [0.15, 0.2) is 0 Å². The molecule has 0 spiro atoms. The van der Waals surface area contributed by atoms with Gasteiger partial charge in [-0.25, -0.2) is 0 Å². The van der Waals surface area contributed by atoms with Gasteiger partial charge in [-0.05, 0) is 6.92 Å². The summed E-state index contributed by atoms with van der Waals surface area (Å²) >= 11 is 4.90. The summed E-state index contributed by atoms with van der Waals surface area (Å²) < 4.78 is 1.73. The van der Waals surface area contributed by atoms with Crippen molar-refractivity contribution in [2.45, 2.75) is 6.92 Å². The zero-order chi connectivity index (χ0) is 9.30. The molecule has 0 unspecified atom stereocenters. The van der Waals surface area contributed by atoms with Crippen molar-refractivity contribution in [2.24, 2.45) is 12.8 Å². The topological polar surface area (TPSA) is 55.9 Å². The molecule has 66 valence electrons. The Morgan fingerprint density at radius 2 is 2.25 bits per heavy atom. The van der Waals surface area contributed by atoms with Crippen molar-refractivity contribution in [3.05, 3.63) is 11.3 Å². The SMILES string of the molecule is CNc1c(C(N)=S)c(C)nn1C. The second-order valence-corrected chi connectivity index (χ2v) is 2.99. The molecule has 0 fully saturated rings. The van der Waals surface area contributed by atoms with E-state index in [-0.39, 0.29) is 0 Å². The third-order valence-corrected chi connectivity index (χ3v) is 1.91. The van der Waals surface area contributed by atoms with Gasteiger partial charge in [-0.15, -0.1) is 0 Å². The van der Waals surface area contributed by atoms with Crippen LogP contribution in [-0.4, -0.2) is 21.8 Å². The maximum atomic E-state index is 5.54. The van der Waals surface area contributed by atoms with Crippen LogP contribution >= 0.6 is 12.2 Å². The summed E-state index contributed by atoms with van der Waals surface area (Å²) in [6, 6.07) is 0. The highest BCUT2D eigenvalue weighted by atomic mass is 32.1. The smallest absolute Gasteiger partial charge is 0.134 e. The van der Waals surface area contributed by atoms with Gasteiger partial charge in [-0.2, -0.15) is 5.10 Å². The van der Waals surface area contributed by atoms with Crippen LogP contribution < -0.4 is 11.1 Å². The van der Waals surface area contributed by atoms with Crippen LogP contribution in [0.1, 0.15) is 11.3 Å². The Morgan fingerprint density at radius 1 is 1.67 bits per heavy atom. The molecule has 0 aromatic carbocycles. The first-order valence-corrected chi connectivity index (χ1v) is 4.00. The van der Waals surface area contributed by atoms with Crippen LogP contribution in [0.4, 0.5) is 5.82 Å². The summed E-state index contributed by atoms with van der Waals surface area (Å²) in [6.07, 6.45) is 0. The van der Waals surface area contributed by atoms with Crippen molar-refractivity contribution in [1.29, 1.82) is 0 Å². The standard InChI is InChI=1S/C7H12N4S/c1-4-5(6(8)12)7(9-2)11(3)10-4/h9H,1-3H3,(H2,8,12). The van der Waals surface area contributed by atoms with E-state index in [0.717, 1.165) is 17.1 Å². The minimum absolute atomic E-state index is 0.380. The molecule has 3 N–H and O–H groups in total. The lowest BCUT2D eigenvalue weighted by atomic mass is 10.2. The number of hydrogen-bond donors (Lipinski definition) is 2. The lowest BCUT2D eigenvalue weighted by Gasteiger charge is -2.02. The largest absolute Gasteiger partial charge is 0.389 e. The predicted molar refractivity (Wildman–Crippen MR) is 53.4 cm³/mol. The third kappa shape index (κ3) is 1.27. The quantitative estimate of drug-likeness (QED) is 0.653. The first-order valence-electron chi connectivity index (χ1n) is 3.59. The molecule has 0 radical (unpaired) electrons. The van der Waals surface area contributed by atoms with Crippen LogP contribution in [-0.2, 0) is 7.05 Å². The van der Waals surface area contributed by atoms with Crippen molar-refractivity contribution in [3.63, 3.8) is 0 Å². The Morgan fingerprint density at radius 3 is 2.58 bits per heavy atom. The van der Waals surface area contributed by atoms with E-state index in [2.05, 4.69) is 10.4 Å². The fourth-order valence-electron chi connectivity index (χ4n) is 1.24. The second-order valence-electron chi connectivity index (χ2n) is 2.55. The van der Waals surface area contributed by atoms with Gasteiger partial charge < -0.3 is 11.1 Å². The highest BCUT2D eigenvalue weighted by Gasteiger charge is 2.13. The van der Waals surface area contributed by atoms with E-state index >= 15 is 0 Å². The Balaban J connectivity index is 3.32. The molecule has 1 rings (SSSR count). The summed E-state index contributed by atoms with van der Waals surface area (Å²) in [5, 5.41) is 7.19. The molecule has 4 nitrogen and oxygen atoms in total. The minimum atomic E-state index is 0.380. The molecule has 5 heteroatoms. The number of nitrogens with two attached hydrogens (primary N) is 1. The maximum absolute atomic E-state index is 5.54. The fourth-order valence-corrected chi connectivity index (χ4v) is 1.48. The minimum Gasteiger partial charge on any atom is -0.389 e. The van der Waals surface area contributed by atoms with Crippen molar-refractivity contribution in [3.8, 4) is 0 Å². The molecule has 1 heterocycles. The number of aryl methyl sites for hydroxylation is 2. The molecule has 0 aliphatic carbocycles. The van der Waals surface area contributed by atoms with E-state index in [1.165, 1.54) is 0 Å². The predicted octanol–water partition coefficient (Wildman–Crippen LogP) is 0.404. The first kappa shape index (κ1) is 8.99. The highest BCUT2D eigenvalue weighted by molar-refractivity contribution is 7.80. The van der Waals surface area contributed by atoms with Crippen molar-refractivity contribution in [2.75, 3.05) is 12.4 Å². The first-order chi connectivity index (χ1) is 5.57. The summed E-state index contributed by atoms with van der Waals surface area (Å²) in [6.45, 7) is 1.88. The molecule has 1 aromatic rings. The Bertz CT molecular complexity index is 315. The van der Waals surface area contributed by atoms with Crippen LogP contribution in [0.3, 0.4) is 0 Å². The number of thiocarbonyl (C=S) groups is 1. The van der Waals surface area contributed by atoms with Crippen LogP contribution in [0, 0.1) is 6.92 Å². The number of anilines is 1. The maximum Gasteiger partial charge on any atom is 0.134 e. The molecule has 1 aromatic heterocycles. The van der Waals surface area contributed by atoms with Gasteiger partial charge in [-0.1, -0.05) is 12.2 Å². The summed E-state index contributed by atoms with van der Waals surface area (Å²) in [4.78, 5) is 0.380. The molecule has 0 atom stereocenters. The zero-order valence-corrected chi connectivity index (χ0v) is 8.20. The fraction of sp³-hybridized carbons (Fsp3) is 0.429. The average molecular weight is 184 g/mol. The summed E-state index contributed by atoms with van der Waals surface area (Å²) in [5.74, 6) is 0.861. The van der Waals surface area contributed by atoms with E-state index in [1.54, 1.807) is 4.68 Å². The Labute approximate surface area is 76.7 Å². The number of hydrogen-bond acceptors (Lipinski definition) is 3. The molecule has 0 aliphatic rings. The number of aromatic nitrogens is 2. The van der Waals surface area contributed by atoms with Gasteiger partial charge in [0.05, 0.1) is 11.3 Å². The van der Waals surface area contributed by atoms with Gasteiger partial charge in [0.1, 0.15) is 10.8 Å². The van der Waals surface area contributed by atoms with E-state index in [9.17, 15) is 0 Å². The second kappa shape index (κ2) is 3.10. The van der Waals surface area contributed by atoms with Crippen LogP contribution in [0.25, 0.3) is 0 Å².